The Kier molecular flexibility index (Phi) is 6.49. The second kappa shape index (κ2) is 8.88. The summed E-state index contributed by atoms with van der Waals surface area (Å²) in [6, 6.07) is 6.28. The molecule has 3 amide bonds. The van der Waals surface area contributed by atoms with Crippen molar-refractivity contribution in [3.8, 4) is 0 Å². The molecule has 3 fully saturated rings. The lowest BCUT2D eigenvalue weighted by Crippen LogP contribution is -2.52. The monoisotopic (exact) mass is 479 g/mol. The Morgan fingerprint density at radius 3 is 2.72 bits per heavy atom. The molecule has 174 valence electrons. The van der Waals surface area contributed by atoms with Crippen LogP contribution in [-0.4, -0.2) is 63.0 Å². The smallest absolute Gasteiger partial charge is 0.248 e. The van der Waals surface area contributed by atoms with Gasteiger partial charge in [-0.3, -0.25) is 14.4 Å². The first-order valence-electron chi connectivity index (χ1n) is 11.2. The van der Waals surface area contributed by atoms with Gasteiger partial charge in [0.15, 0.2) is 0 Å². The highest BCUT2D eigenvalue weighted by molar-refractivity contribution is 8.02. The molecule has 3 saturated heterocycles. The number of anilines is 1. The molecule has 3 aliphatic rings. The van der Waals surface area contributed by atoms with Crippen molar-refractivity contribution in [1.82, 2.24) is 10.2 Å². The molecule has 0 aliphatic carbocycles. The van der Waals surface area contributed by atoms with Crippen LogP contribution in [0.3, 0.4) is 0 Å². The summed E-state index contributed by atoms with van der Waals surface area (Å²) in [6.07, 6.45) is 2.66. The van der Waals surface area contributed by atoms with Crippen LogP contribution < -0.4 is 10.6 Å². The Hall–Kier alpha value is -1.77. The number of likely N-dealkylation sites (tertiary alicyclic amines) is 1. The number of halogens is 1. The van der Waals surface area contributed by atoms with Gasteiger partial charge in [-0.1, -0.05) is 30.7 Å². The van der Waals surface area contributed by atoms with E-state index < -0.39 is 22.6 Å². The molecule has 32 heavy (non-hydrogen) atoms. The van der Waals surface area contributed by atoms with Crippen molar-refractivity contribution in [3.63, 3.8) is 0 Å². The Morgan fingerprint density at radius 1 is 1.28 bits per heavy atom. The van der Waals surface area contributed by atoms with Gasteiger partial charge in [0, 0.05) is 24.4 Å². The van der Waals surface area contributed by atoms with Crippen LogP contribution in [0.25, 0.3) is 0 Å². The van der Waals surface area contributed by atoms with E-state index in [4.69, 9.17) is 11.6 Å². The first-order chi connectivity index (χ1) is 15.3. The fraction of sp³-hybridized carbons (Fsp3) is 0.609. The topological polar surface area (TPSA) is 98.7 Å². The molecule has 3 heterocycles. The summed E-state index contributed by atoms with van der Waals surface area (Å²) in [7, 11) is 0. The second-order valence-electron chi connectivity index (χ2n) is 9.10. The van der Waals surface area contributed by atoms with Crippen molar-refractivity contribution < 1.29 is 19.5 Å². The van der Waals surface area contributed by atoms with Gasteiger partial charge >= 0.3 is 0 Å². The summed E-state index contributed by atoms with van der Waals surface area (Å²) in [5.41, 5.74) is 0.495. The van der Waals surface area contributed by atoms with Gasteiger partial charge in [0.05, 0.1) is 27.3 Å². The van der Waals surface area contributed by atoms with E-state index in [0.717, 1.165) is 12.8 Å². The number of amides is 3. The lowest BCUT2D eigenvalue weighted by atomic mass is 9.66. The summed E-state index contributed by atoms with van der Waals surface area (Å²) < 4.78 is -1.05. The first kappa shape index (κ1) is 23.4. The molecule has 1 spiro atoms. The molecule has 0 aromatic heterocycles. The van der Waals surface area contributed by atoms with E-state index in [0.29, 0.717) is 30.1 Å². The molecular formula is C23H30ClN3O4S. The molecule has 9 heteroatoms. The van der Waals surface area contributed by atoms with Gasteiger partial charge in [-0.25, -0.2) is 0 Å². The number of aliphatic hydroxyl groups is 1. The third kappa shape index (κ3) is 3.60. The third-order valence-electron chi connectivity index (χ3n) is 7.05. The van der Waals surface area contributed by atoms with E-state index >= 15 is 0 Å². The van der Waals surface area contributed by atoms with Crippen molar-refractivity contribution in [1.29, 1.82) is 0 Å². The molecule has 1 aromatic carbocycles. The Morgan fingerprint density at radius 2 is 2.03 bits per heavy atom. The van der Waals surface area contributed by atoms with Gasteiger partial charge in [0.25, 0.3) is 0 Å². The lowest BCUT2D eigenvalue weighted by Gasteiger charge is -2.34. The van der Waals surface area contributed by atoms with Crippen LogP contribution in [0.4, 0.5) is 5.69 Å². The zero-order chi connectivity index (χ0) is 23.1. The van der Waals surface area contributed by atoms with Crippen molar-refractivity contribution in [2.45, 2.75) is 55.1 Å². The Balaban J connectivity index is 1.70. The number of carbonyl (C=O) groups excluding carboxylic acids is 3. The number of carbonyl (C=O) groups is 3. The van der Waals surface area contributed by atoms with Gasteiger partial charge in [-0.2, -0.15) is 0 Å². The largest absolute Gasteiger partial charge is 0.396 e. The summed E-state index contributed by atoms with van der Waals surface area (Å²) in [6.45, 7) is 4.80. The van der Waals surface area contributed by atoms with Crippen LogP contribution in [0.5, 0.6) is 0 Å². The van der Waals surface area contributed by atoms with Crippen LogP contribution in [0.15, 0.2) is 24.3 Å². The maximum Gasteiger partial charge on any atom is 0.248 e. The maximum absolute atomic E-state index is 13.7. The van der Waals surface area contributed by atoms with Crippen LogP contribution in [0.1, 0.15) is 39.5 Å². The Labute approximate surface area is 197 Å². The van der Waals surface area contributed by atoms with Crippen molar-refractivity contribution >= 4 is 46.8 Å². The summed E-state index contributed by atoms with van der Waals surface area (Å²) in [5.74, 6) is -1.58. The number of nitrogens with one attached hydrogen (secondary N) is 2. The molecule has 2 bridgehead atoms. The molecular weight excluding hydrogens is 450 g/mol. The van der Waals surface area contributed by atoms with Crippen LogP contribution >= 0.6 is 23.4 Å². The van der Waals surface area contributed by atoms with Crippen molar-refractivity contribution in [3.05, 3.63) is 29.3 Å². The van der Waals surface area contributed by atoms with Gasteiger partial charge in [-0.15, -0.1) is 11.8 Å². The van der Waals surface area contributed by atoms with E-state index in [1.165, 1.54) is 0 Å². The van der Waals surface area contributed by atoms with Crippen LogP contribution in [0, 0.1) is 11.8 Å². The van der Waals surface area contributed by atoms with Crippen molar-refractivity contribution in [2.24, 2.45) is 11.8 Å². The third-order valence-corrected chi connectivity index (χ3v) is 9.36. The number of hydrogen-bond donors (Lipinski definition) is 3. The highest BCUT2D eigenvalue weighted by Crippen LogP contribution is 2.71. The fourth-order valence-electron chi connectivity index (χ4n) is 5.73. The SMILES string of the molecule is CCCNC(=O)[C@H]1[C@H]2C(=O)N(CCCO)C(C(=O)Nc3ccccc3Cl)C23CC[C@]1(C)S3. The van der Waals surface area contributed by atoms with Gasteiger partial charge in [0.2, 0.25) is 17.7 Å². The number of nitrogens with zero attached hydrogens (tertiary/aromatic N) is 1. The minimum absolute atomic E-state index is 0.0778. The standard InChI is InChI=1S/C23H30ClN3O4S/c1-3-11-25-19(29)16-17-21(31)27(12-6-13-28)18(23(17)10-9-22(16,2)32-23)20(30)26-15-8-5-4-7-14(15)24/h4-5,7-8,16-18,28H,3,6,9-13H2,1-2H3,(H,25,29)(H,26,30)/t16-,17+,18?,22+,23?/m1/s1. The predicted molar refractivity (Wildman–Crippen MR) is 126 cm³/mol. The predicted octanol–water partition coefficient (Wildman–Crippen LogP) is 2.67. The number of thioether (sulfide) groups is 1. The molecule has 0 saturated carbocycles. The first-order valence-corrected chi connectivity index (χ1v) is 12.4. The molecule has 2 unspecified atom stereocenters. The fourth-order valence-corrected chi connectivity index (χ4v) is 8.27. The van der Waals surface area contributed by atoms with Crippen LogP contribution in [0.2, 0.25) is 5.02 Å². The number of fused-ring (bicyclic) bond motifs is 1. The highest BCUT2D eigenvalue weighted by Gasteiger charge is 2.76. The number of para-hydroxylation sites is 1. The normalized spacial score (nSPS) is 32.8. The van der Waals surface area contributed by atoms with Crippen molar-refractivity contribution in [2.75, 3.05) is 25.0 Å². The van der Waals surface area contributed by atoms with Gasteiger partial charge in [0.1, 0.15) is 6.04 Å². The summed E-state index contributed by atoms with van der Waals surface area (Å²) in [5, 5.41) is 15.7. The summed E-state index contributed by atoms with van der Waals surface area (Å²) in [4.78, 5) is 42.1. The number of aliphatic hydroxyl groups excluding tert-OH is 1. The van der Waals surface area contributed by atoms with E-state index in [1.807, 2.05) is 6.92 Å². The number of hydrogen-bond acceptors (Lipinski definition) is 5. The lowest BCUT2D eigenvalue weighted by molar-refractivity contribution is -0.140. The highest BCUT2D eigenvalue weighted by atomic mass is 35.5. The van der Waals surface area contributed by atoms with Crippen LogP contribution in [-0.2, 0) is 14.4 Å². The average molecular weight is 480 g/mol. The second-order valence-corrected chi connectivity index (χ2v) is 11.4. The van der Waals surface area contributed by atoms with Gasteiger partial charge < -0.3 is 20.6 Å². The Bertz CT molecular complexity index is 930. The zero-order valence-corrected chi connectivity index (χ0v) is 20.0. The molecule has 1 aromatic rings. The maximum atomic E-state index is 13.7. The van der Waals surface area contributed by atoms with Gasteiger partial charge in [-0.05, 0) is 44.7 Å². The molecule has 0 radical (unpaired) electrons. The molecule has 4 rings (SSSR count). The molecule has 7 nitrogen and oxygen atoms in total. The molecule has 3 N–H and O–H groups in total. The summed E-state index contributed by atoms with van der Waals surface area (Å²) >= 11 is 7.89. The zero-order valence-electron chi connectivity index (χ0n) is 18.4. The number of benzene rings is 1. The average Bonchev–Trinajstić information content (AvgIpc) is 3.33. The van der Waals surface area contributed by atoms with E-state index in [1.54, 1.807) is 40.9 Å². The quantitative estimate of drug-likeness (QED) is 0.532. The minimum Gasteiger partial charge on any atom is -0.396 e. The van der Waals surface area contributed by atoms with E-state index in [9.17, 15) is 19.5 Å². The number of rotatable bonds is 8. The van der Waals surface area contributed by atoms with E-state index in [-0.39, 0.29) is 35.6 Å². The molecule has 5 atom stereocenters. The van der Waals surface area contributed by atoms with E-state index in [2.05, 4.69) is 17.6 Å². The minimum atomic E-state index is -0.723. The molecule has 3 aliphatic heterocycles.